The average molecular weight is 284 g/mol. The Kier molecular flexibility index (Phi) is 5.26. The highest BCUT2D eigenvalue weighted by Gasteiger charge is 2.16. The van der Waals surface area contributed by atoms with Gasteiger partial charge in [0.05, 0.1) is 5.56 Å². The molecule has 0 spiro atoms. The lowest BCUT2D eigenvalue weighted by molar-refractivity contribution is 0.0785. The van der Waals surface area contributed by atoms with Crippen LogP contribution in [0.2, 0.25) is 0 Å². The third kappa shape index (κ3) is 4.02. The summed E-state index contributed by atoms with van der Waals surface area (Å²) in [5, 5.41) is 3.19. The minimum Gasteiger partial charge on any atom is -0.369 e. The summed E-state index contributed by atoms with van der Waals surface area (Å²) < 4.78 is 0. The monoisotopic (exact) mass is 284 g/mol. The molecule has 2 aromatic heterocycles. The fourth-order valence-electron chi connectivity index (χ4n) is 2.00. The summed E-state index contributed by atoms with van der Waals surface area (Å²) >= 11 is 0. The summed E-state index contributed by atoms with van der Waals surface area (Å²) in [6.45, 7) is 3.42. The highest BCUT2D eigenvalue weighted by Crippen LogP contribution is 2.15. The Hall–Kier alpha value is -2.43. The summed E-state index contributed by atoms with van der Waals surface area (Å²) in [6, 6.07) is 7.40. The van der Waals surface area contributed by atoms with E-state index in [1.165, 1.54) is 0 Å². The molecule has 0 unspecified atom stereocenters. The van der Waals surface area contributed by atoms with Crippen molar-refractivity contribution < 1.29 is 4.79 Å². The van der Waals surface area contributed by atoms with Gasteiger partial charge in [-0.25, -0.2) is 4.98 Å². The SMILES string of the molecule is CCCNc1ncccc1C(=O)N(C)Cc1ccncc1. The van der Waals surface area contributed by atoms with E-state index in [1.807, 2.05) is 12.1 Å². The first-order chi connectivity index (χ1) is 10.2. The van der Waals surface area contributed by atoms with Gasteiger partial charge >= 0.3 is 0 Å². The molecule has 0 aliphatic rings. The van der Waals surface area contributed by atoms with Gasteiger partial charge in [-0.05, 0) is 36.2 Å². The van der Waals surface area contributed by atoms with Crippen LogP contribution in [0.3, 0.4) is 0 Å². The molecule has 5 heteroatoms. The number of pyridine rings is 2. The summed E-state index contributed by atoms with van der Waals surface area (Å²) in [5.74, 6) is 0.601. The van der Waals surface area contributed by atoms with Crippen molar-refractivity contribution in [3.63, 3.8) is 0 Å². The van der Waals surface area contributed by atoms with Crippen molar-refractivity contribution >= 4 is 11.7 Å². The Morgan fingerprint density at radius 1 is 1.24 bits per heavy atom. The Morgan fingerprint density at radius 2 is 2.00 bits per heavy atom. The lowest BCUT2D eigenvalue weighted by atomic mass is 10.2. The predicted molar refractivity (Wildman–Crippen MR) is 83.1 cm³/mol. The van der Waals surface area contributed by atoms with Gasteiger partial charge in [-0.1, -0.05) is 6.92 Å². The Balaban J connectivity index is 2.12. The van der Waals surface area contributed by atoms with E-state index >= 15 is 0 Å². The van der Waals surface area contributed by atoms with Crippen LogP contribution in [0.1, 0.15) is 29.3 Å². The first-order valence-corrected chi connectivity index (χ1v) is 7.05. The zero-order valence-electron chi connectivity index (χ0n) is 12.4. The van der Waals surface area contributed by atoms with Crippen molar-refractivity contribution in [1.82, 2.24) is 14.9 Å². The zero-order chi connectivity index (χ0) is 15.1. The molecule has 21 heavy (non-hydrogen) atoms. The van der Waals surface area contributed by atoms with Gasteiger partial charge in [0.15, 0.2) is 0 Å². The lowest BCUT2D eigenvalue weighted by Gasteiger charge is -2.19. The molecule has 0 atom stereocenters. The van der Waals surface area contributed by atoms with E-state index in [2.05, 4.69) is 22.2 Å². The van der Waals surface area contributed by atoms with Gasteiger partial charge in [0.1, 0.15) is 5.82 Å². The molecular formula is C16H20N4O. The summed E-state index contributed by atoms with van der Waals surface area (Å²) in [4.78, 5) is 22.5. The molecule has 1 N–H and O–H groups in total. The molecule has 2 heterocycles. The Morgan fingerprint density at radius 3 is 2.71 bits per heavy atom. The van der Waals surface area contributed by atoms with Crippen LogP contribution in [-0.2, 0) is 6.54 Å². The van der Waals surface area contributed by atoms with Gasteiger partial charge in [0.2, 0.25) is 0 Å². The number of nitrogens with one attached hydrogen (secondary N) is 1. The largest absolute Gasteiger partial charge is 0.369 e. The Bertz CT molecular complexity index is 586. The summed E-state index contributed by atoms with van der Waals surface area (Å²) in [6.07, 6.45) is 6.13. The predicted octanol–water partition coefficient (Wildman–Crippen LogP) is 2.57. The van der Waals surface area contributed by atoms with Gasteiger partial charge in [-0.3, -0.25) is 9.78 Å². The van der Waals surface area contributed by atoms with Crippen LogP contribution in [0.15, 0.2) is 42.9 Å². The first-order valence-electron chi connectivity index (χ1n) is 7.05. The molecule has 0 fully saturated rings. The second kappa shape index (κ2) is 7.38. The van der Waals surface area contributed by atoms with E-state index in [4.69, 9.17) is 0 Å². The minimum atomic E-state index is -0.0430. The summed E-state index contributed by atoms with van der Waals surface area (Å²) in [5.41, 5.74) is 1.65. The van der Waals surface area contributed by atoms with Crippen molar-refractivity contribution in [2.75, 3.05) is 18.9 Å². The molecule has 2 aromatic rings. The number of carbonyl (C=O) groups is 1. The molecule has 0 saturated heterocycles. The second-order valence-corrected chi connectivity index (χ2v) is 4.84. The van der Waals surface area contributed by atoms with Crippen molar-refractivity contribution in [2.45, 2.75) is 19.9 Å². The topological polar surface area (TPSA) is 58.1 Å². The van der Waals surface area contributed by atoms with Crippen LogP contribution in [0.4, 0.5) is 5.82 Å². The normalized spacial score (nSPS) is 10.2. The maximum absolute atomic E-state index is 12.6. The highest BCUT2D eigenvalue weighted by atomic mass is 16.2. The maximum atomic E-state index is 12.6. The number of amides is 1. The van der Waals surface area contributed by atoms with E-state index < -0.39 is 0 Å². The number of hydrogen-bond acceptors (Lipinski definition) is 4. The van der Waals surface area contributed by atoms with Crippen LogP contribution >= 0.6 is 0 Å². The number of nitrogens with zero attached hydrogens (tertiary/aromatic N) is 3. The van der Waals surface area contributed by atoms with Crippen molar-refractivity contribution in [2.24, 2.45) is 0 Å². The van der Waals surface area contributed by atoms with Gasteiger partial charge in [-0.2, -0.15) is 0 Å². The van der Waals surface area contributed by atoms with E-state index in [0.29, 0.717) is 17.9 Å². The molecule has 0 radical (unpaired) electrons. The third-order valence-electron chi connectivity index (χ3n) is 3.10. The van der Waals surface area contributed by atoms with Gasteiger partial charge in [-0.15, -0.1) is 0 Å². The number of hydrogen-bond donors (Lipinski definition) is 1. The molecule has 0 aliphatic carbocycles. The standard InChI is InChI=1S/C16H20N4O/c1-3-8-18-15-14(5-4-9-19-15)16(21)20(2)12-13-6-10-17-11-7-13/h4-7,9-11H,3,8,12H2,1-2H3,(H,18,19). The fraction of sp³-hybridized carbons (Fsp3) is 0.312. The van der Waals surface area contributed by atoms with Crippen LogP contribution in [0.25, 0.3) is 0 Å². The molecule has 5 nitrogen and oxygen atoms in total. The number of aromatic nitrogens is 2. The van der Waals surface area contributed by atoms with Crippen LogP contribution < -0.4 is 5.32 Å². The van der Waals surface area contributed by atoms with E-state index in [0.717, 1.165) is 18.5 Å². The molecular weight excluding hydrogens is 264 g/mol. The van der Waals surface area contributed by atoms with Crippen molar-refractivity contribution in [1.29, 1.82) is 0 Å². The van der Waals surface area contributed by atoms with Crippen LogP contribution in [0, 0.1) is 0 Å². The smallest absolute Gasteiger partial charge is 0.257 e. The molecule has 1 amide bonds. The third-order valence-corrected chi connectivity index (χ3v) is 3.10. The number of carbonyl (C=O) groups excluding carboxylic acids is 1. The van der Waals surface area contributed by atoms with Crippen LogP contribution in [-0.4, -0.2) is 34.4 Å². The minimum absolute atomic E-state index is 0.0430. The summed E-state index contributed by atoms with van der Waals surface area (Å²) in [7, 11) is 1.79. The van der Waals surface area contributed by atoms with E-state index in [9.17, 15) is 4.79 Å². The maximum Gasteiger partial charge on any atom is 0.257 e. The molecule has 0 aliphatic heterocycles. The number of rotatable bonds is 6. The van der Waals surface area contributed by atoms with E-state index in [1.54, 1.807) is 42.7 Å². The number of anilines is 1. The molecule has 0 saturated carbocycles. The van der Waals surface area contributed by atoms with Gasteiger partial charge in [0, 0.05) is 38.7 Å². The molecule has 2 rings (SSSR count). The second-order valence-electron chi connectivity index (χ2n) is 4.84. The molecule has 110 valence electrons. The van der Waals surface area contributed by atoms with Crippen molar-refractivity contribution in [3.8, 4) is 0 Å². The fourth-order valence-corrected chi connectivity index (χ4v) is 2.00. The highest BCUT2D eigenvalue weighted by molar-refractivity contribution is 5.98. The van der Waals surface area contributed by atoms with Gasteiger partial charge in [0.25, 0.3) is 5.91 Å². The quantitative estimate of drug-likeness (QED) is 0.885. The zero-order valence-corrected chi connectivity index (χ0v) is 12.4. The first kappa shape index (κ1) is 15.0. The van der Waals surface area contributed by atoms with Crippen LogP contribution in [0.5, 0.6) is 0 Å². The van der Waals surface area contributed by atoms with Gasteiger partial charge < -0.3 is 10.2 Å². The molecule has 0 aromatic carbocycles. The van der Waals surface area contributed by atoms with E-state index in [-0.39, 0.29) is 5.91 Å². The van der Waals surface area contributed by atoms with Crippen molar-refractivity contribution in [3.05, 3.63) is 54.0 Å². The average Bonchev–Trinajstić information content (AvgIpc) is 2.53. The molecule has 0 bridgehead atoms. The lowest BCUT2D eigenvalue weighted by Crippen LogP contribution is -2.27. The Labute approximate surface area is 125 Å².